The van der Waals surface area contributed by atoms with Crippen LogP contribution in [0.2, 0.25) is 5.02 Å². The molecular weight excluding hydrogens is 559 g/mol. The molecule has 0 saturated heterocycles. The second-order valence-electron chi connectivity index (χ2n) is 10.3. The van der Waals surface area contributed by atoms with E-state index in [9.17, 15) is 14.0 Å². The van der Waals surface area contributed by atoms with Gasteiger partial charge in [0.05, 0.1) is 7.11 Å². The Kier molecular flexibility index (Phi) is 9.43. The molecule has 0 radical (unpaired) electrons. The van der Waals surface area contributed by atoms with Crippen molar-refractivity contribution in [1.29, 1.82) is 0 Å². The highest BCUT2D eigenvalue weighted by Gasteiger charge is 2.34. The lowest BCUT2D eigenvalue weighted by Gasteiger charge is -2.33. The molecule has 0 unspecified atom stereocenters. The zero-order valence-electron chi connectivity index (χ0n) is 23.2. The number of hydrogen-bond donors (Lipinski definition) is 1. The van der Waals surface area contributed by atoms with Crippen LogP contribution in [0.25, 0.3) is 11.4 Å². The second kappa shape index (κ2) is 13.6. The van der Waals surface area contributed by atoms with Crippen molar-refractivity contribution in [3.05, 3.63) is 94.8 Å². The number of nitrogens with zero attached hydrogens (tertiary/aromatic N) is 5. The van der Waals surface area contributed by atoms with E-state index in [-0.39, 0.29) is 25.0 Å². The zero-order chi connectivity index (χ0) is 29.5. The van der Waals surface area contributed by atoms with E-state index in [1.807, 2.05) is 6.07 Å². The lowest BCUT2D eigenvalue weighted by molar-refractivity contribution is -0.142. The van der Waals surface area contributed by atoms with Crippen LogP contribution >= 0.6 is 11.6 Å². The van der Waals surface area contributed by atoms with Gasteiger partial charge in [0, 0.05) is 23.2 Å². The Morgan fingerprint density at radius 3 is 2.45 bits per heavy atom. The number of aromatic nitrogens is 4. The fourth-order valence-electron chi connectivity index (χ4n) is 5.16. The quantitative estimate of drug-likeness (QED) is 0.267. The van der Waals surface area contributed by atoms with E-state index in [0.29, 0.717) is 33.3 Å². The minimum absolute atomic E-state index is 0.00972. The number of rotatable bonds is 10. The highest BCUT2D eigenvalue weighted by Crippen LogP contribution is 2.28. The number of nitrogens with one attached hydrogen (secondary N) is 1. The van der Waals surface area contributed by atoms with E-state index < -0.39 is 17.8 Å². The van der Waals surface area contributed by atoms with Crippen LogP contribution in [-0.4, -0.2) is 50.1 Å². The van der Waals surface area contributed by atoms with Crippen molar-refractivity contribution < 1.29 is 18.7 Å². The van der Waals surface area contributed by atoms with Gasteiger partial charge < -0.3 is 15.0 Å². The van der Waals surface area contributed by atoms with E-state index in [1.165, 1.54) is 34.0 Å². The second-order valence-corrected chi connectivity index (χ2v) is 10.7. The van der Waals surface area contributed by atoms with Gasteiger partial charge in [0.15, 0.2) is 0 Å². The van der Waals surface area contributed by atoms with Crippen LogP contribution in [0.4, 0.5) is 4.39 Å². The predicted octanol–water partition coefficient (Wildman–Crippen LogP) is 5.36. The molecule has 0 spiro atoms. The minimum Gasteiger partial charge on any atom is -0.497 e. The molecule has 0 bridgehead atoms. The summed E-state index contributed by atoms with van der Waals surface area (Å²) in [5.74, 6) is -0.170. The summed E-state index contributed by atoms with van der Waals surface area (Å²) in [5.41, 5.74) is 1.85. The number of carbonyl (C=O) groups is 2. The van der Waals surface area contributed by atoms with Crippen LogP contribution in [0, 0.1) is 5.82 Å². The number of hydrogen-bond acceptors (Lipinski definition) is 6. The molecular formula is C31H32ClFN6O3. The van der Waals surface area contributed by atoms with E-state index >= 15 is 0 Å². The monoisotopic (exact) mass is 590 g/mol. The number of amides is 2. The van der Waals surface area contributed by atoms with Gasteiger partial charge in [-0.05, 0) is 71.6 Å². The Hall–Kier alpha value is -4.31. The number of tetrazole rings is 1. The predicted molar refractivity (Wildman–Crippen MR) is 156 cm³/mol. The first-order valence-corrected chi connectivity index (χ1v) is 14.3. The molecule has 3 aromatic carbocycles. The van der Waals surface area contributed by atoms with Crippen molar-refractivity contribution in [2.45, 2.75) is 57.3 Å². The molecule has 4 aromatic rings. The molecule has 1 saturated carbocycles. The van der Waals surface area contributed by atoms with Crippen LogP contribution in [0.3, 0.4) is 0 Å². The van der Waals surface area contributed by atoms with Crippen molar-refractivity contribution in [3.8, 4) is 17.1 Å². The van der Waals surface area contributed by atoms with Gasteiger partial charge in [-0.15, -0.1) is 10.2 Å². The average molecular weight is 591 g/mol. The molecule has 2 amide bonds. The molecule has 1 aliphatic carbocycles. The van der Waals surface area contributed by atoms with E-state index in [0.717, 1.165) is 32.1 Å². The van der Waals surface area contributed by atoms with Crippen molar-refractivity contribution in [3.63, 3.8) is 0 Å². The molecule has 1 heterocycles. The summed E-state index contributed by atoms with van der Waals surface area (Å²) in [6.45, 7) is -0.235. The molecule has 42 heavy (non-hydrogen) atoms. The Balaban J connectivity index is 1.46. The molecule has 218 valence electrons. The van der Waals surface area contributed by atoms with Gasteiger partial charge in [0.1, 0.15) is 24.2 Å². The first-order valence-electron chi connectivity index (χ1n) is 13.9. The Labute approximate surface area is 248 Å². The van der Waals surface area contributed by atoms with Gasteiger partial charge in [-0.1, -0.05) is 61.2 Å². The molecule has 11 heteroatoms. The third-order valence-corrected chi connectivity index (χ3v) is 7.76. The normalized spacial score (nSPS) is 14.3. The van der Waals surface area contributed by atoms with Gasteiger partial charge in [-0.3, -0.25) is 9.59 Å². The highest BCUT2D eigenvalue weighted by molar-refractivity contribution is 6.31. The van der Waals surface area contributed by atoms with Gasteiger partial charge in [-0.2, -0.15) is 4.80 Å². The topological polar surface area (TPSA) is 102 Å². The van der Waals surface area contributed by atoms with Crippen LogP contribution < -0.4 is 10.1 Å². The third-order valence-electron chi connectivity index (χ3n) is 7.39. The number of methoxy groups -OCH3 is 1. The summed E-state index contributed by atoms with van der Waals surface area (Å²) in [7, 11) is 1.58. The summed E-state index contributed by atoms with van der Waals surface area (Å²) in [6, 6.07) is 18.9. The van der Waals surface area contributed by atoms with Crippen LogP contribution in [-0.2, 0) is 22.7 Å². The summed E-state index contributed by atoms with van der Waals surface area (Å²) < 4.78 is 19.1. The fourth-order valence-corrected chi connectivity index (χ4v) is 5.35. The van der Waals surface area contributed by atoms with Crippen LogP contribution in [0.1, 0.15) is 49.3 Å². The van der Waals surface area contributed by atoms with Crippen molar-refractivity contribution >= 4 is 23.4 Å². The molecule has 1 atom stereocenters. The highest BCUT2D eigenvalue weighted by atomic mass is 35.5. The Morgan fingerprint density at radius 1 is 1.05 bits per heavy atom. The fraction of sp³-hybridized carbons (Fsp3) is 0.323. The maximum atomic E-state index is 14.0. The van der Waals surface area contributed by atoms with Crippen molar-refractivity contribution in [1.82, 2.24) is 30.4 Å². The molecule has 5 rings (SSSR count). The molecule has 1 aromatic heterocycles. The molecule has 1 aliphatic rings. The maximum absolute atomic E-state index is 14.0. The SMILES string of the molecule is COc1ccc(-c2nnn(CC(=O)N(Cc3ccccc3Cl)[C@H](C(=O)NC3CCCCC3)c3ccc(F)cc3)n2)cc1. The largest absolute Gasteiger partial charge is 0.497 e. The summed E-state index contributed by atoms with van der Waals surface area (Å²) in [4.78, 5) is 30.6. The summed E-state index contributed by atoms with van der Waals surface area (Å²) in [6.07, 6.45) is 4.94. The van der Waals surface area contributed by atoms with Crippen molar-refractivity contribution in [2.24, 2.45) is 0 Å². The van der Waals surface area contributed by atoms with Gasteiger partial charge in [-0.25, -0.2) is 4.39 Å². The Bertz CT molecular complexity index is 1510. The van der Waals surface area contributed by atoms with Crippen LogP contribution in [0.5, 0.6) is 5.75 Å². The standard InChI is InChI=1S/C31H32ClFN6O3/c1-42-26-17-13-22(14-18-26)30-35-37-39(36-30)20-28(40)38(19-23-7-5-6-10-27(23)32)29(21-11-15-24(33)16-12-21)31(41)34-25-8-3-2-4-9-25/h5-7,10-18,25,29H,2-4,8-9,19-20H2,1H3,(H,34,41)/t29-/m0/s1. The lowest BCUT2D eigenvalue weighted by atomic mass is 9.94. The number of benzene rings is 3. The summed E-state index contributed by atoms with van der Waals surface area (Å²) in [5, 5.41) is 16.2. The first-order chi connectivity index (χ1) is 20.4. The number of ether oxygens (including phenoxy) is 1. The average Bonchev–Trinajstić information content (AvgIpc) is 3.47. The molecule has 0 aliphatic heterocycles. The Morgan fingerprint density at radius 2 is 1.76 bits per heavy atom. The summed E-state index contributed by atoms with van der Waals surface area (Å²) >= 11 is 6.50. The maximum Gasteiger partial charge on any atom is 0.247 e. The van der Waals surface area contributed by atoms with E-state index in [2.05, 4.69) is 20.7 Å². The smallest absolute Gasteiger partial charge is 0.247 e. The third kappa shape index (κ3) is 7.12. The van der Waals surface area contributed by atoms with Gasteiger partial charge in [0.2, 0.25) is 17.6 Å². The van der Waals surface area contributed by atoms with Gasteiger partial charge >= 0.3 is 0 Å². The van der Waals surface area contributed by atoms with E-state index in [1.54, 1.807) is 49.6 Å². The first kappa shape index (κ1) is 29.2. The van der Waals surface area contributed by atoms with E-state index in [4.69, 9.17) is 16.3 Å². The molecule has 9 nitrogen and oxygen atoms in total. The minimum atomic E-state index is -1.04. The lowest BCUT2D eigenvalue weighted by Crippen LogP contribution is -2.47. The van der Waals surface area contributed by atoms with Gasteiger partial charge in [0.25, 0.3) is 0 Å². The molecule has 1 fully saturated rings. The molecule has 1 N–H and O–H groups in total. The van der Waals surface area contributed by atoms with Crippen molar-refractivity contribution in [2.75, 3.05) is 7.11 Å². The number of carbonyl (C=O) groups excluding carboxylic acids is 2. The number of halogens is 2. The van der Waals surface area contributed by atoms with Crippen LogP contribution in [0.15, 0.2) is 72.8 Å². The zero-order valence-corrected chi connectivity index (χ0v) is 24.0.